The lowest BCUT2D eigenvalue weighted by Gasteiger charge is -2.20. The summed E-state index contributed by atoms with van der Waals surface area (Å²) in [4.78, 5) is 26.8. The molecule has 4 aromatic rings. The number of aromatic amines is 1. The molecule has 2 aromatic carbocycles. The lowest BCUT2D eigenvalue weighted by Crippen LogP contribution is -2.23. The van der Waals surface area contributed by atoms with E-state index in [1.54, 1.807) is 6.20 Å². The number of aliphatic imine (C=N–C) groups is 1. The third-order valence-electron chi connectivity index (χ3n) is 4.75. The Balaban J connectivity index is 1.69. The first-order valence-corrected chi connectivity index (χ1v) is 10.7. The maximum absolute atomic E-state index is 11.9. The number of fused-ring (bicyclic) bond motifs is 1. The molecule has 0 bridgehead atoms. The molecule has 0 atom stereocenters. The van der Waals surface area contributed by atoms with Crippen molar-refractivity contribution in [2.75, 3.05) is 11.9 Å². The van der Waals surface area contributed by atoms with E-state index in [1.165, 1.54) is 11.8 Å². The molecule has 0 fully saturated rings. The zero-order valence-electron chi connectivity index (χ0n) is 17.3. The van der Waals surface area contributed by atoms with Gasteiger partial charge in [0.15, 0.2) is 17.3 Å². The fourth-order valence-electron chi connectivity index (χ4n) is 3.07. The van der Waals surface area contributed by atoms with E-state index in [1.807, 2.05) is 91.8 Å². The summed E-state index contributed by atoms with van der Waals surface area (Å²) in [5.41, 5.74) is 4.06. The topological polar surface area (TPSA) is 61.4 Å². The van der Waals surface area contributed by atoms with Crippen LogP contribution in [-0.4, -0.2) is 28.5 Å². The summed E-state index contributed by atoms with van der Waals surface area (Å²) in [6, 6.07) is 21.8. The van der Waals surface area contributed by atoms with E-state index in [2.05, 4.69) is 16.0 Å². The number of hydrogen-bond donors (Lipinski definition) is 1. The number of anilines is 1. The number of nitrogens with one attached hydrogen (secondary N) is 1. The molecule has 2 heterocycles. The average molecular weight is 427 g/mol. The molecule has 0 spiro atoms. The Bertz CT molecular complexity index is 1240. The molecule has 4 rings (SSSR count). The van der Waals surface area contributed by atoms with E-state index < -0.39 is 0 Å². The van der Waals surface area contributed by atoms with Crippen LogP contribution in [0.5, 0.6) is 0 Å². The maximum atomic E-state index is 11.9. The van der Waals surface area contributed by atoms with E-state index in [9.17, 15) is 4.79 Å². The largest absolute Gasteiger partial charge is 0.361 e. The number of aromatic nitrogens is 2. The van der Waals surface area contributed by atoms with Crippen LogP contribution in [0.25, 0.3) is 17.0 Å². The predicted molar refractivity (Wildman–Crippen MR) is 131 cm³/mol. The quantitative estimate of drug-likeness (QED) is 0.185. The fraction of sp³-hybridized carbons (Fsp3) is 0.0800. The van der Waals surface area contributed by atoms with E-state index in [0.717, 1.165) is 34.0 Å². The number of aryl methyl sites for hydroxylation is 1. The Hall–Kier alpha value is -3.64. The Kier molecular flexibility index (Phi) is 6.29. The Morgan fingerprint density at radius 3 is 2.68 bits per heavy atom. The Morgan fingerprint density at radius 1 is 1.10 bits per heavy atom. The van der Waals surface area contributed by atoms with Crippen molar-refractivity contribution in [2.24, 2.45) is 4.99 Å². The summed E-state index contributed by atoms with van der Waals surface area (Å²) in [7, 11) is 1.93. The molecule has 1 N–H and O–H groups in total. The number of amidine groups is 1. The molecule has 154 valence electrons. The van der Waals surface area contributed by atoms with Gasteiger partial charge in [-0.3, -0.25) is 4.79 Å². The molecule has 6 heteroatoms. The van der Waals surface area contributed by atoms with Gasteiger partial charge in [0.05, 0.1) is 4.91 Å². The average Bonchev–Trinajstić information content (AvgIpc) is 3.27. The third-order valence-corrected chi connectivity index (χ3v) is 5.75. The minimum Gasteiger partial charge on any atom is -0.361 e. The molecule has 0 aliphatic rings. The summed E-state index contributed by atoms with van der Waals surface area (Å²) >= 11 is 1.32. The van der Waals surface area contributed by atoms with Gasteiger partial charge in [0.25, 0.3) is 0 Å². The summed E-state index contributed by atoms with van der Waals surface area (Å²) in [5.74, 6) is 0.592. The number of rotatable bonds is 5. The number of aldehydes is 1. The normalized spacial score (nSPS) is 12.2. The smallest absolute Gasteiger partial charge is 0.175 e. The number of nitrogens with zero attached hydrogens (tertiary/aromatic N) is 3. The maximum Gasteiger partial charge on any atom is 0.175 e. The van der Waals surface area contributed by atoms with Gasteiger partial charge in [0.1, 0.15) is 0 Å². The minimum atomic E-state index is 0.559. The van der Waals surface area contributed by atoms with E-state index in [0.29, 0.717) is 15.9 Å². The first-order chi connectivity index (χ1) is 15.1. The van der Waals surface area contributed by atoms with Crippen LogP contribution in [0.1, 0.15) is 11.1 Å². The molecule has 0 saturated heterocycles. The number of para-hydroxylation sites is 1. The highest BCUT2D eigenvalue weighted by Crippen LogP contribution is 2.27. The standard InChI is InChI=1S/C25H22N4OS/c1-18-8-11-24(27-16-18)28-25(29(2)21-6-4-3-5-7-21)31-22(17-30)15-19-9-10-23-20(14-19)12-13-26-23/h3-17,26H,1-2H3/b22-15-,28-25-. The molecule has 0 radical (unpaired) electrons. The summed E-state index contributed by atoms with van der Waals surface area (Å²) in [6.45, 7) is 1.99. The van der Waals surface area contributed by atoms with Crippen molar-refractivity contribution in [2.45, 2.75) is 6.92 Å². The number of benzene rings is 2. The van der Waals surface area contributed by atoms with Crippen LogP contribution in [0, 0.1) is 6.92 Å². The zero-order valence-corrected chi connectivity index (χ0v) is 18.1. The molecule has 0 aliphatic heterocycles. The van der Waals surface area contributed by atoms with Crippen molar-refractivity contribution in [1.29, 1.82) is 0 Å². The van der Waals surface area contributed by atoms with Crippen LogP contribution in [0.2, 0.25) is 0 Å². The van der Waals surface area contributed by atoms with Crippen molar-refractivity contribution in [1.82, 2.24) is 9.97 Å². The van der Waals surface area contributed by atoms with Crippen molar-refractivity contribution in [3.05, 3.63) is 95.2 Å². The third kappa shape index (κ3) is 5.10. The van der Waals surface area contributed by atoms with Gasteiger partial charge in [0, 0.05) is 30.6 Å². The molecule has 2 aromatic heterocycles. The zero-order chi connectivity index (χ0) is 21.6. The first kappa shape index (κ1) is 20.6. The minimum absolute atomic E-state index is 0.559. The second-order valence-corrected chi connectivity index (χ2v) is 8.11. The second kappa shape index (κ2) is 9.45. The molecule has 0 unspecified atom stereocenters. The van der Waals surface area contributed by atoms with Crippen LogP contribution in [0.3, 0.4) is 0 Å². The van der Waals surface area contributed by atoms with Gasteiger partial charge >= 0.3 is 0 Å². The van der Waals surface area contributed by atoms with Crippen LogP contribution < -0.4 is 4.90 Å². The van der Waals surface area contributed by atoms with Crippen LogP contribution in [0.15, 0.2) is 89.0 Å². The van der Waals surface area contributed by atoms with Gasteiger partial charge in [-0.15, -0.1) is 0 Å². The van der Waals surface area contributed by atoms with Gasteiger partial charge in [0.2, 0.25) is 0 Å². The molecular formula is C25H22N4OS. The Labute approximate surface area is 185 Å². The van der Waals surface area contributed by atoms with Gasteiger partial charge in [-0.2, -0.15) is 0 Å². The molecule has 0 amide bonds. The van der Waals surface area contributed by atoms with Gasteiger partial charge in [-0.05, 0) is 77.7 Å². The summed E-state index contributed by atoms with van der Waals surface area (Å²) in [6.07, 6.45) is 6.43. The van der Waals surface area contributed by atoms with Gasteiger partial charge < -0.3 is 9.88 Å². The molecule has 31 heavy (non-hydrogen) atoms. The van der Waals surface area contributed by atoms with Crippen molar-refractivity contribution in [3.8, 4) is 0 Å². The number of carbonyl (C=O) groups excluding carboxylic acids is 1. The predicted octanol–water partition coefficient (Wildman–Crippen LogP) is 5.97. The van der Waals surface area contributed by atoms with Crippen molar-refractivity contribution in [3.63, 3.8) is 0 Å². The molecular weight excluding hydrogens is 404 g/mol. The SMILES string of the molecule is Cc1ccc(/N=C(\S/C(C=O)=C\c2ccc3[nH]ccc3c2)N(C)c2ccccc2)nc1. The van der Waals surface area contributed by atoms with Gasteiger partial charge in [-0.25, -0.2) is 9.98 Å². The van der Waals surface area contributed by atoms with Crippen LogP contribution in [0.4, 0.5) is 11.5 Å². The highest BCUT2D eigenvalue weighted by atomic mass is 32.2. The highest BCUT2D eigenvalue weighted by molar-refractivity contribution is 8.18. The summed E-state index contributed by atoms with van der Waals surface area (Å²) < 4.78 is 0. The number of H-pyrrole nitrogens is 1. The lowest BCUT2D eigenvalue weighted by molar-refractivity contribution is -0.104. The number of carbonyl (C=O) groups is 1. The van der Waals surface area contributed by atoms with E-state index in [-0.39, 0.29) is 0 Å². The van der Waals surface area contributed by atoms with Crippen LogP contribution >= 0.6 is 11.8 Å². The number of thioether (sulfide) groups is 1. The van der Waals surface area contributed by atoms with Crippen molar-refractivity contribution >= 4 is 51.7 Å². The first-order valence-electron chi connectivity index (χ1n) is 9.84. The lowest BCUT2D eigenvalue weighted by atomic mass is 10.1. The summed E-state index contributed by atoms with van der Waals surface area (Å²) in [5, 5.41) is 1.76. The van der Waals surface area contributed by atoms with Gasteiger partial charge in [-0.1, -0.05) is 30.3 Å². The molecule has 0 saturated carbocycles. The second-order valence-electron chi connectivity index (χ2n) is 7.07. The molecule has 5 nitrogen and oxygen atoms in total. The van der Waals surface area contributed by atoms with Crippen LogP contribution in [-0.2, 0) is 4.79 Å². The van der Waals surface area contributed by atoms with E-state index in [4.69, 9.17) is 4.99 Å². The van der Waals surface area contributed by atoms with E-state index >= 15 is 0 Å². The number of pyridine rings is 1. The van der Waals surface area contributed by atoms with Crippen molar-refractivity contribution < 1.29 is 4.79 Å². The fourth-order valence-corrected chi connectivity index (χ4v) is 3.91. The highest BCUT2D eigenvalue weighted by Gasteiger charge is 2.13. The Morgan fingerprint density at radius 2 is 1.94 bits per heavy atom. The number of allylic oxidation sites excluding steroid dienone is 1. The monoisotopic (exact) mass is 426 g/mol. The molecule has 0 aliphatic carbocycles. The number of hydrogen-bond acceptors (Lipinski definition) is 4.